The second-order valence-corrected chi connectivity index (χ2v) is 6.75. The molecule has 1 heterocycles. The predicted octanol–water partition coefficient (Wildman–Crippen LogP) is 5.83. The standard InChI is InChI=1S/C21H32O2/c1-4-7-9-14-19(15-18-12-10-8-11-13-18)20-22-16-21(5-2,6-3)17-23-20/h8,10-13,15,20H,4-7,9,14,16-17H2,1-3H3. The molecule has 0 bridgehead atoms. The molecule has 0 N–H and O–H groups in total. The minimum atomic E-state index is -0.168. The second kappa shape index (κ2) is 9.24. The van der Waals surface area contributed by atoms with Crippen molar-refractivity contribution in [2.75, 3.05) is 13.2 Å². The van der Waals surface area contributed by atoms with Crippen LogP contribution in [-0.4, -0.2) is 19.5 Å². The van der Waals surface area contributed by atoms with Gasteiger partial charge in [0.05, 0.1) is 13.2 Å². The largest absolute Gasteiger partial charge is 0.348 e. The number of hydrogen-bond donors (Lipinski definition) is 0. The van der Waals surface area contributed by atoms with E-state index in [4.69, 9.17) is 9.47 Å². The summed E-state index contributed by atoms with van der Waals surface area (Å²) in [5.74, 6) is 0. The summed E-state index contributed by atoms with van der Waals surface area (Å²) in [4.78, 5) is 0. The molecule has 0 saturated carbocycles. The molecular weight excluding hydrogens is 284 g/mol. The molecule has 1 aromatic carbocycles. The molecule has 0 atom stereocenters. The summed E-state index contributed by atoms with van der Waals surface area (Å²) in [6.45, 7) is 8.33. The third kappa shape index (κ3) is 5.19. The van der Waals surface area contributed by atoms with Crippen LogP contribution in [0.5, 0.6) is 0 Å². The van der Waals surface area contributed by atoms with E-state index in [-0.39, 0.29) is 11.7 Å². The van der Waals surface area contributed by atoms with Crippen molar-refractivity contribution in [3.05, 3.63) is 41.5 Å². The second-order valence-electron chi connectivity index (χ2n) is 6.75. The van der Waals surface area contributed by atoms with E-state index in [1.165, 1.54) is 30.4 Å². The molecule has 1 saturated heterocycles. The van der Waals surface area contributed by atoms with Gasteiger partial charge < -0.3 is 9.47 Å². The van der Waals surface area contributed by atoms with Crippen LogP contribution in [0.15, 0.2) is 35.9 Å². The molecule has 1 aromatic rings. The van der Waals surface area contributed by atoms with E-state index in [1.807, 2.05) is 0 Å². The Morgan fingerprint density at radius 1 is 1.04 bits per heavy atom. The van der Waals surface area contributed by atoms with Crippen LogP contribution in [0.4, 0.5) is 0 Å². The van der Waals surface area contributed by atoms with E-state index in [2.05, 4.69) is 57.2 Å². The number of rotatable bonds is 8. The molecule has 128 valence electrons. The summed E-state index contributed by atoms with van der Waals surface area (Å²) in [5.41, 5.74) is 2.72. The van der Waals surface area contributed by atoms with Gasteiger partial charge in [-0.25, -0.2) is 0 Å². The third-order valence-electron chi connectivity index (χ3n) is 5.11. The van der Waals surface area contributed by atoms with Crippen molar-refractivity contribution in [3.63, 3.8) is 0 Å². The molecular formula is C21H32O2. The first kappa shape index (κ1) is 18.2. The molecule has 0 amide bonds. The Kier molecular flexibility index (Phi) is 7.32. The molecule has 1 aliphatic rings. The summed E-state index contributed by atoms with van der Waals surface area (Å²) in [7, 11) is 0. The number of benzene rings is 1. The van der Waals surface area contributed by atoms with Gasteiger partial charge in [-0.15, -0.1) is 0 Å². The van der Waals surface area contributed by atoms with E-state index in [0.29, 0.717) is 0 Å². The van der Waals surface area contributed by atoms with Crippen molar-refractivity contribution >= 4 is 6.08 Å². The zero-order valence-corrected chi connectivity index (χ0v) is 15.0. The maximum Gasteiger partial charge on any atom is 0.180 e. The lowest BCUT2D eigenvalue weighted by molar-refractivity contribution is -0.214. The Labute approximate surface area is 141 Å². The maximum atomic E-state index is 6.15. The molecule has 0 radical (unpaired) electrons. The summed E-state index contributed by atoms with van der Waals surface area (Å²) in [6, 6.07) is 10.5. The highest BCUT2D eigenvalue weighted by atomic mass is 16.7. The monoisotopic (exact) mass is 316 g/mol. The smallest absolute Gasteiger partial charge is 0.180 e. The molecule has 23 heavy (non-hydrogen) atoms. The fourth-order valence-electron chi connectivity index (χ4n) is 3.07. The Bertz CT molecular complexity index is 464. The Morgan fingerprint density at radius 3 is 2.26 bits per heavy atom. The van der Waals surface area contributed by atoms with Gasteiger partial charge in [0.1, 0.15) is 0 Å². The lowest BCUT2D eigenvalue weighted by Gasteiger charge is -2.39. The minimum Gasteiger partial charge on any atom is -0.348 e. The van der Waals surface area contributed by atoms with Crippen molar-refractivity contribution < 1.29 is 9.47 Å². The van der Waals surface area contributed by atoms with Crippen LogP contribution in [0.2, 0.25) is 0 Å². The van der Waals surface area contributed by atoms with Gasteiger partial charge in [0.15, 0.2) is 6.29 Å². The van der Waals surface area contributed by atoms with Crippen LogP contribution in [0.25, 0.3) is 6.08 Å². The van der Waals surface area contributed by atoms with Gasteiger partial charge in [-0.2, -0.15) is 0 Å². The van der Waals surface area contributed by atoms with Crippen molar-refractivity contribution in [1.82, 2.24) is 0 Å². The van der Waals surface area contributed by atoms with Gasteiger partial charge in [-0.05, 0) is 36.8 Å². The fraction of sp³-hybridized carbons (Fsp3) is 0.619. The molecule has 2 heteroatoms. The van der Waals surface area contributed by atoms with Gasteiger partial charge in [0, 0.05) is 5.41 Å². The van der Waals surface area contributed by atoms with Crippen LogP contribution < -0.4 is 0 Å². The number of hydrogen-bond acceptors (Lipinski definition) is 2. The normalized spacial score (nSPS) is 19.0. The van der Waals surface area contributed by atoms with Gasteiger partial charge in [0.25, 0.3) is 0 Å². The fourth-order valence-corrected chi connectivity index (χ4v) is 3.07. The van der Waals surface area contributed by atoms with Crippen LogP contribution in [0.3, 0.4) is 0 Å². The number of ether oxygens (including phenoxy) is 2. The zero-order valence-electron chi connectivity index (χ0n) is 15.0. The van der Waals surface area contributed by atoms with Gasteiger partial charge in [0.2, 0.25) is 0 Å². The molecule has 2 nitrogen and oxygen atoms in total. The van der Waals surface area contributed by atoms with Crippen molar-refractivity contribution in [2.24, 2.45) is 5.41 Å². The van der Waals surface area contributed by atoms with Crippen molar-refractivity contribution in [3.8, 4) is 0 Å². The average molecular weight is 316 g/mol. The van der Waals surface area contributed by atoms with Crippen molar-refractivity contribution in [2.45, 2.75) is 65.6 Å². The maximum absolute atomic E-state index is 6.15. The highest BCUT2D eigenvalue weighted by molar-refractivity contribution is 5.53. The average Bonchev–Trinajstić information content (AvgIpc) is 2.62. The lowest BCUT2D eigenvalue weighted by Crippen LogP contribution is -2.41. The van der Waals surface area contributed by atoms with Gasteiger partial charge >= 0.3 is 0 Å². The van der Waals surface area contributed by atoms with Crippen LogP contribution in [0.1, 0.15) is 64.9 Å². The SMILES string of the molecule is CCCCCC(=Cc1ccccc1)C1OCC(CC)(CC)CO1. The van der Waals surface area contributed by atoms with Gasteiger partial charge in [-0.1, -0.05) is 70.0 Å². The quantitative estimate of drug-likeness (QED) is 0.562. The third-order valence-corrected chi connectivity index (χ3v) is 5.11. The first-order valence-electron chi connectivity index (χ1n) is 9.21. The van der Waals surface area contributed by atoms with E-state index < -0.39 is 0 Å². The highest BCUT2D eigenvalue weighted by Gasteiger charge is 2.34. The Balaban J connectivity index is 2.07. The Morgan fingerprint density at radius 2 is 1.70 bits per heavy atom. The first-order chi connectivity index (χ1) is 11.2. The molecule has 0 aliphatic carbocycles. The van der Waals surface area contributed by atoms with Crippen molar-refractivity contribution in [1.29, 1.82) is 0 Å². The summed E-state index contributed by atoms with van der Waals surface area (Å²) in [6.07, 6.45) is 9.06. The summed E-state index contributed by atoms with van der Waals surface area (Å²) >= 11 is 0. The predicted molar refractivity (Wildman–Crippen MR) is 97.3 cm³/mol. The molecule has 2 rings (SSSR count). The summed E-state index contributed by atoms with van der Waals surface area (Å²) < 4.78 is 12.3. The van der Waals surface area contributed by atoms with E-state index >= 15 is 0 Å². The minimum absolute atomic E-state index is 0.168. The molecule has 1 aliphatic heterocycles. The van der Waals surface area contributed by atoms with E-state index in [9.17, 15) is 0 Å². The molecule has 0 aromatic heterocycles. The first-order valence-corrected chi connectivity index (χ1v) is 9.21. The van der Waals surface area contributed by atoms with E-state index in [0.717, 1.165) is 32.5 Å². The molecule has 1 fully saturated rings. The highest BCUT2D eigenvalue weighted by Crippen LogP contribution is 2.34. The van der Waals surface area contributed by atoms with E-state index in [1.54, 1.807) is 0 Å². The van der Waals surface area contributed by atoms with Gasteiger partial charge in [-0.3, -0.25) is 0 Å². The number of unbranched alkanes of at least 4 members (excludes halogenated alkanes) is 2. The van der Waals surface area contributed by atoms with Crippen LogP contribution in [-0.2, 0) is 9.47 Å². The van der Waals surface area contributed by atoms with Crippen LogP contribution in [0, 0.1) is 5.41 Å². The Hall–Kier alpha value is -1.12. The molecule has 0 spiro atoms. The lowest BCUT2D eigenvalue weighted by atomic mass is 9.83. The zero-order chi connectivity index (χ0) is 16.5. The topological polar surface area (TPSA) is 18.5 Å². The summed E-state index contributed by atoms with van der Waals surface area (Å²) in [5, 5.41) is 0. The molecule has 0 unspecified atom stereocenters. The van der Waals surface area contributed by atoms with Crippen LogP contribution >= 0.6 is 0 Å².